The van der Waals surface area contributed by atoms with Crippen molar-refractivity contribution >= 4 is 46.0 Å². The summed E-state index contributed by atoms with van der Waals surface area (Å²) in [5.74, 6) is -1.31. The number of hydrogen-bond acceptors (Lipinski definition) is 9. The highest BCUT2D eigenvalue weighted by atomic mass is 35.5. The second-order valence-electron chi connectivity index (χ2n) is 12.5. The third-order valence-electron chi connectivity index (χ3n) is 7.49. The maximum absolute atomic E-state index is 13.7. The standard InChI is InChI=1S/C39H37ClN2O9/c1-39(2,3)51-38(46)28(18-23-10-7-6-8-11-23)42-33(44)22-49-36-34-29(43)20-30(50-31(34)21-32(47-4)35(36)48-5)24-12-9-13-25(19-24)37(45)41-27-16-14-26(40)15-17-27/h6-17,19-21,28H,18,22H2,1-5H3,(H,41,45)(H,42,44)/t28-/m0/s1. The molecule has 1 atom stereocenters. The zero-order valence-electron chi connectivity index (χ0n) is 28.7. The predicted molar refractivity (Wildman–Crippen MR) is 194 cm³/mol. The zero-order chi connectivity index (χ0) is 36.7. The molecular weight excluding hydrogens is 676 g/mol. The average molecular weight is 713 g/mol. The maximum Gasteiger partial charge on any atom is 0.329 e. The fraction of sp³-hybridized carbons (Fsp3) is 0.231. The van der Waals surface area contributed by atoms with E-state index < -0.39 is 35.6 Å². The molecule has 11 nitrogen and oxygen atoms in total. The molecule has 0 spiro atoms. The highest BCUT2D eigenvalue weighted by Gasteiger charge is 2.28. The van der Waals surface area contributed by atoms with Crippen LogP contribution < -0.4 is 30.3 Å². The number of halogens is 1. The molecule has 0 radical (unpaired) electrons. The number of benzene rings is 4. The lowest BCUT2D eigenvalue weighted by Gasteiger charge is -2.25. The number of rotatable bonds is 12. The molecule has 264 valence electrons. The van der Waals surface area contributed by atoms with Crippen molar-refractivity contribution in [3.05, 3.63) is 117 Å². The van der Waals surface area contributed by atoms with Gasteiger partial charge in [-0.25, -0.2) is 4.79 Å². The molecule has 1 aromatic heterocycles. The molecule has 12 heteroatoms. The summed E-state index contributed by atoms with van der Waals surface area (Å²) in [6, 6.07) is 24.2. The van der Waals surface area contributed by atoms with Crippen LogP contribution in [-0.4, -0.2) is 50.3 Å². The van der Waals surface area contributed by atoms with Crippen molar-refractivity contribution in [3.8, 4) is 28.6 Å². The van der Waals surface area contributed by atoms with Crippen LogP contribution in [0.15, 0.2) is 100 Å². The number of methoxy groups -OCH3 is 2. The molecule has 0 fully saturated rings. The van der Waals surface area contributed by atoms with Gasteiger partial charge in [0.15, 0.2) is 23.5 Å². The Bertz CT molecular complexity index is 2110. The van der Waals surface area contributed by atoms with Crippen LogP contribution in [0, 0.1) is 0 Å². The fourth-order valence-electron chi connectivity index (χ4n) is 5.21. The minimum Gasteiger partial charge on any atom is -0.493 e. The van der Waals surface area contributed by atoms with Gasteiger partial charge in [-0.15, -0.1) is 0 Å². The van der Waals surface area contributed by atoms with Crippen LogP contribution in [0.1, 0.15) is 36.7 Å². The average Bonchev–Trinajstić information content (AvgIpc) is 3.10. The van der Waals surface area contributed by atoms with Gasteiger partial charge in [0.1, 0.15) is 28.4 Å². The molecule has 2 N–H and O–H groups in total. The number of nitrogens with one attached hydrogen (secondary N) is 2. The lowest BCUT2D eigenvalue weighted by Crippen LogP contribution is -2.47. The smallest absolute Gasteiger partial charge is 0.329 e. The molecule has 0 saturated carbocycles. The summed E-state index contributed by atoms with van der Waals surface area (Å²) in [5.41, 5.74) is 0.956. The van der Waals surface area contributed by atoms with Gasteiger partial charge in [0.25, 0.3) is 11.8 Å². The second kappa shape index (κ2) is 15.8. The Morgan fingerprint density at radius 3 is 2.25 bits per heavy atom. The Labute approximate surface area is 299 Å². The predicted octanol–water partition coefficient (Wildman–Crippen LogP) is 6.83. The van der Waals surface area contributed by atoms with Crippen molar-refractivity contribution in [1.82, 2.24) is 5.32 Å². The maximum atomic E-state index is 13.7. The van der Waals surface area contributed by atoms with Gasteiger partial charge in [0, 0.05) is 40.4 Å². The second-order valence-corrected chi connectivity index (χ2v) is 12.9. The van der Waals surface area contributed by atoms with Crippen molar-refractivity contribution in [2.75, 3.05) is 26.1 Å². The first-order valence-corrected chi connectivity index (χ1v) is 16.3. The van der Waals surface area contributed by atoms with E-state index in [2.05, 4.69) is 10.6 Å². The molecule has 0 aliphatic heterocycles. The van der Waals surface area contributed by atoms with Crippen LogP contribution in [-0.2, 0) is 20.7 Å². The molecule has 1 heterocycles. The minimum atomic E-state index is -1.01. The first kappa shape index (κ1) is 36.5. The van der Waals surface area contributed by atoms with Gasteiger partial charge in [-0.3, -0.25) is 14.4 Å². The highest BCUT2D eigenvalue weighted by molar-refractivity contribution is 6.30. The number of anilines is 1. The van der Waals surface area contributed by atoms with Gasteiger partial charge in [-0.1, -0.05) is 54.1 Å². The number of ether oxygens (including phenoxy) is 4. The Morgan fingerprint density at radius 2 is 1.59 bits per heavy atom. The van der Waals surface area contributed by atoms with E-state index >= 15 is 0 Å². The monoisotopic (exact) mass is 712 g/mol. The normalized spacial score (nSPS) is 11.7. The van der Waals surface area contributed by atoms with Gasteiger partial charge in [-0.05, 0) is 62.7 Å². The first-order valence-electron chi connectivity index (χ1n) is 15.9. The summed E-state index contributed by atoms with van der Waals surface area (Å²) >= 11 is 5.95. The number of carbonyl (C=O) groups is 3. The minimum absolute atomic E-state index is 0.00573. The van der Waals surface area contributed by atoms with E-state index in [1.54, 1.807) is 69.3 Å². The lowest BCUT2D eigenvalue weighted by molar-refractivity contribution is -0.158. The summed E-state index contributed by atoms with van der Waals surface area (Å²) in [7, 11) is 2.77. The molecular formula is C39H37ClN2O9. The van der Waals surface area contributed by atoms with E-state index in [9.17, 15) is 19.2 Å². The largest absolute Gasteiger partial charge is 0.493 e. The van der Waals surface area contributed by atoms with Crippen LogP contribution in [0.25, 0.3) is 22.3 Å². The summed E-state index contributed by atoms with van der Waals surface area (Å²) < 4.78 is 28.7. The Hall–Kier alpha value is -5.81. The molecule has 5 aromatic rings. The summed E-state index contributed by atoms with van der Waals surface area (Å²) in [6.07, 6.45) is 0.184. The summed E-state index contributed by atoms with van der Waals surface area (Å²) in [4.78, 5) is 53.1. The fourth-order valence-corrected chi connectivity index (χ4v) is 5.34. The number of fused-ring (bicyclic) bond motifs is 1. The molecule has 0 unspecified atom stereocenters. The van der Waals surface area contributed by atoms with Crippen LogP contribution in [0.5, 0.6) is 17.2 Å². The van der Waals surface area contributed by atoms with Crippen LogP contribution >= 0.6 is 11.6 Å². The Morgan fingerprint density at radius 1 is 0.863 bits per heavy atom. The van der Waals surface area contributed by atoms with Crippen molar-refractivity contribution in [1.29, 1.82) is 0 Å². The van der Waals surface area contributed by atoms with E-state index in [0.29, 0.717) is 21.8 Å². The first-order chi connectivity index (χ1) is 24.3. The molecule has 0 bridgehead atoms. The van der Waals surface area contributed by atoms with Crippen molar-refractivity contribution in [3.63, 3.8) is 0 Å². The van der Waals surface area contributed by atoms with Crippen LogP contribution in [0.4, 0.5) is 5.69 Å². The van der Waals surface area contributed by atoms with Crippen molar-refractivity contribution in [2.45, 2.75) is 38.8 Å². The Kier molecular flexibility index (Phi) is 11.3. The van der Waals surface area contributed by atoms with Gasteiger partial charge in [-0.2, -0.15) is 0 Å². The highest BCUT2D eigenvalue weighted by Crippen LogP contribution is 2.43. The number of hydrogen-bond donors (Lipinski definition) is 2. The van der Waals surface area contributed by atoms with E-state index in [1.165, 1.54) is 26.4 Å². The summed E-state index contributed by atoms with van der Waals surface area (Å²) in [6.45, 7) is 4.63. The SMILES string of the molecule is COc1cc2oc(-c3cccc(C(=O)Nc4ccc(Cl)cc4)c3)cc(=O)c2c(OCC(=O)N[C@@H](Cc2ccccc2)C(=O)OC(C)(C)C)c1OC. The number of esters is 1. The third-order valence-corrected chi connectivity index (χ3v) is 7.74. The van der Waals surface area contributed by atoms with Crippen molar-refractivity contribution in [2.24, 2.45) is 0 Å². The van der Waals surface area contributed by atoms with E-state index in [1.807, 2.05) is 30.3 Å². The number of amides is 2. The molecule has 2 amide bonds. The van der Waals surface area contributed by atoms with Gasteiger partial charge >= 0.3 is 5.97 Å². The van der Waals surface area contributed by atoms with E-state index in [0.717, 1.165) is 5.56 Å². The quantitative estimate of drug-likeness (QED) is 0.133. The molecule has 5 rings (SSSR count). The molecule has 0 saturated heterocycles. The summed E-state index contributed by atoms with van der Waals surface area (Å²) in [5, 5.41) is 6.04. The molecule has 51 heavy (non-hydrogen) atoms. The van der Waals surface area contributed by atoms with Gasteiger partial charge in [0.05, 0.1) is 14.2 Å². The third kappa shape index (κ3) is 9.25. The van der Waals surface area contributed by atoms with Crippen LogP contribution in [0.3, 0.4) is 0 Å². The zero-order valence-corrected chi connectivity index (χ0v) is 29.5. The van der Waals surface area contributed by atoms with Crippen LogP contribution in [0.2, 0.25) is 5.02 Å². The lowest BCUT2D eigenvalue weighted by atomic mass is 10.1. The van der Waals surface area contributed by atoms with Gasteiger partial charge in [0.2, 0.25) is 5.75 Å². The number of carbonyl (C=O) groups excluding carboxylic acids is 3. The van der Waals surface area contributed by atoms with E-state index in [-0.39, 0.29) is 46.3 Å². The topological polar surface area (TPSA) is 142 Å². The Balaban J connectivity index is 1.42. The van der Waals surface area contributed by atoms with E-state index in [4.69, 9.17) is 35.0 Å². The molecule has 4 aromatic carbocycles. The molecule has 0 aliphatic rings. The van der Waals surface area contributed by atoms with Crippen molar-refractivity contribution < 1.29 is 37.7 Å². The van der Waals surface area contributed by atoms with Gasteiger partial charge < -0.3 is 34.0 Å². The molecule has 0 aliphatic carbocycles.